The van der Waals surface area contributed by atoms with Crippen molar-refractivity contribution in [3.63, 3.8) is 0 Å². The van der Waals surface area contributed by atoms with E-state index in [0.29, 0.717) is 6.54 Å². The van der Waals surface area contributed by atoms with Gasteiger partial charge in [-0.05, 0) is 17.7 Å². The number of benzene rings is 1. The Kier molecular flexibility index (Phi) is 6.83. The molecular weight excluding hydrogens is 294 g/mol. The first-order chi connectivity index (χ1) is 11.1. The molecule has 0 spiro atoms. The van der Waals surface area contributed by atoms with Gasteiger partial charge >= 0.3 is 0 Å². The van der Waals surface area contributed by atoms with E-state index in [9.17, 15) is 4.79 Å². The van der Waals surface area contributed by atoms with Gasteiger partial charge in [-0.15, -0.1) is 0 Å². The standard InChI is InChI=1S/C17H27N3O3/c1-19(2)15-6-4-14(5-7-15)16(12-18-17(21)13-22-3)20-8-10-23-11-9-20/h4-7,16H,8-13H2,1-3H3,(H,18,21)/t16-/m1/s1. The van der Waals surface area contributed by atoms with Crippen LogP contribution in [0.4, 0.5) is 5.69 Å². The van der Waals surface area contributed by atoms with Crippen LogP contribution in [-0.2, 0) is 14.3 Å². The molecule has 0 radical (unpaired) electrons. The first-order valence-electron chi connectivity index (χ1n) is 7.96. The van der Waals surface area contributed by atoms with Crippen LogP contribution in [0.1, 0.15) is 11.6 Å². The lowest BCUT2D eigenvalue weighted by atomic mass is 10.0. The molecule has 6 nitrogen and oxygen atoms in total. The molecule has 1 N–H and O–H groups in total. The molecule has 0 bridgehead atoms. The lowest BCUT2D eigenvalue weighted by molar-refractivity contribution is -0.125. The number of morpholine rings is 1. The fourth-order valence-electron chi connectivity index (χ4n) is 2.73. The van der Waals surface area contributed by atoms with Crippen LogP contribution < -0.4 is 10.2 Å². The van der Waals surface area contributed by atoms with Crippen LogP contribution in [0, 0.1) is 0 Å². The highest BCUT2D eigenvalue weighted by Crippen LogP contribution is 2.23. The van der Waals surface area contributed by atoms with Crippen molar-refractivity contribution in [1.82, 2.24) is 10.2 Å². The molecule has 0 unspecified atom stereocenters. The van der Waals surface area contributed by atoms with Crippen LogP contribution in [0.15, 0.2) is 24.3 Å². The Hall–Kier alpha value is -1.63. The number of rotatable bonds is 7. The number of anilines is 1. The molecule has 1 fully saturated rings. The Morgan fingerprint density at radius 3 is 2.52 bits per heavy atom. The van der Waals surface area contributed by atoms with Crippen molar-refractivity contribution in [2.24, 2.45) is 0 Å². The maximum absolute atomic E-state index is 11.7. The molecule has 2 rings (SSSR count). The molecule has 0 aromatic heterocycles. The smallest absolute Gasteiger partial charge is 0.246 e. The summed E-state index contributed by atoms with van der Waals surface area (Å²) in [5, 5.41) is 2.96. The Balaban J connectivity index is 2.09. The van der Waals surface area contributed by atoms with Crippen LogP contribution in [0.2, 0.25) is 0 Å². The van der Waals surface area contributed by atoms with Gasteiger partial charge in [0.25, 0.3) is 0 Å². The van der Waals surface area contributed by atoms with E-state index >= 15 is 0 Å². The Morgan fingerprint density at radius 1 is 1.30 bits per heavy atom. The minimum Gasteiger partial charge on any atom is -0.379 e. The van der Waals surface area contributed by atoms with Crippen LogP contribution in [0.5, 0.6) is 0 Å². The number of methoxy groups -OCH3 is 1. The van der Waals surface area contributed by atoms with E-state index in [1.807, 2.05) is 14.1 Å². The van der Waals surface area contributed by atoms with Crippen molar-refractivity contribution in [2.45, 2.75) is 6.04 Å². The zero-order chi connectivity index (χ0) is 16.7. The summed E-state index contributed by atoms with van der Waals surface area (Å²) in [7, 11) is 5.58. The molecule has 128 valence electrons. The van der Waals surface area contributed by atoms with Crippen molar-refractivity contribution < 1.29 is 14.3 Å². The summed E-state index contributed by atoms with van der Waals surface area (Å²) in [6.07, 6.45) is 0. The van der Waals surface area contributed by atoms with Crippen molar-refractivity contribution in [1.29, 1.82) is 0 Å². The first-order valence-corrected chi connectivity index (χ1v) is 7.96. The molecular formula is C17H27N3O3. The molecule has 1 amide bonds. The van der Waals surface area contributed by atoms with Crippen LogP contribution >= 0.6 is 0 Å². The summed E-state index contributed by atoms with van der Waals surface area (Å²) in [5.41, 5.74) is 2.37. The van der Waals surface area contributed by atoms with Crippen LogP contribution in [0.3, 0.4) is 0 Å². The Morgan fingerprint density at radius 2 is 1.96 bits per heavy atom. The molecule has 0 saturated carbocycles. The average Bonchev–Trinajstić information content (AvgIpc) is 2.57. The molecule has 1 saturated heterocycles. The second-order valence-corrected chi connectivity index (χ2v) is 5.89. The van der Waals surface area contributed by atoms with E-state index in [0.717, 1.165) is 32.0 Å². The maximum atomic E-state index is 11.7. The third kappa shape index (κ3) is 5.20. The zero-order valence-corrected chi connectivity index (χ0v) is 14.2. The molecule has 23 heavy (non-hydrogen) atoms. The van der Waals surface area contributed by atoms with Crippen LogP contribution in [0.25, 0.3) is 0 Å². The Bertz CT molecular complexity index is 484. The van der Waals surface area contributed by atoms with E-state index in [-0.39, 0.29) is 18.6 Å². The van der Waals surface area contributed by atoms with Gasteiger partial charge in [-0.1, -0.05) is 12.1 Å². The van der Waals surface area contributed by atoms with Gasteiger partial charge in [0.1, 0.15) is 6.61 Å². The molecule has 0 aliphatic carbocycles. The summed E-state index contributed by atoms with van der Waals surface area (Å²) in [6.45, 7) is 3.88. The summed E-state index contributed by atoms with van der Waals surface area (Å²) < 4.78 is 10.3. The summed E-state index contributed by atoms with van der Waals surface area (Å²) in [4.78, 5) is 16.2. The minimum absolute atomic E-state index is 0.0873. The van der Waals surface area contributed by atoms with Gasteiger partial charge in [0, 0.05) is 46.5 Å². The largest absolute Gasteiger partial charge is 0.379 e. The zero-order valence-electron chi connectivity index (χ0n) is 14.2. The fraction of sp³-hybridized carbons (Fsp3) is 0.588. The molecule has 1 aromatic carbocycles. The van der Waals surface area contributed by atoms with E-state index in [1.165, 1.54) is 12.7 Å². The summed E-state index contributed by atoms with van der Waals surface area (Å²) in [6, 6.07) is 8.64. The Labute approximate surface area is 138 Å². The van der Waals surface area contributed by atoms with E-state index < -0.39 is 0 Å². The number of carbonyl (C=O) groups excluding carboxylic acids is 1. The average molecular weight is 321 g/mol. The second kappa shape index (κ2) is 8.86. The lowest BCUT2D eigenvalue weighted by Gasteiger charge is -2.35. The maximum Gasteiger partial charge on any atom is 0.246 e. The SMILES string of the molecule is COCC(=O)NC[C@H](c1ccc(N(C)C)cc1)N1CCOCC1. The third-order valence-electron chi connectivity index (χ3n) is 4.05. The predicted molar refractivity (Wildman–Crippen MR) is 90.8 cm³/mol. The van der Waals surface area contributed by atoms with Gasteiger partial charge in [0.05, 0.1) is 19.3 Å². The van der Waals surface area contributed by atoms with E-state index in [4.69, 9.17) is 9.47 Å². The van der Waals surface area contributed by atoms with Crippen molar-refractivity contribution >= 4 is 11.6 Å². The molecule has 1 aliphatic rings. The van der Waals surface area contributed by atoms with Crippen molar-refractivity contribution in [3.8, 4) is 0 Å². The fourth-order valence-corrected chi connectivity index (χ4v) is 2.73. The summed E-state index contributed by atoms with van der Waals surface area (Å²) in [5.74, 6) is -0.0873. The topological polar surface area (TPSA) is 54.0 Å². The quantitative estimate of drug-likeness (QED) is 0.808. The molecule has 1 aliphatic heterocycles. The van der Waals surface area contributed by atoms with Gasteiger partial charge in [0.15, 0.2) is 0 Å². The number of hydrogen-bond acceptors (Lipinski definition) is 5. The van der Waals surface area contributed by atoms with Crippen molar-refractivity contribution in [3.05, 3.63) is 29.8 Å². The van der Waals surface area contributed by atoms with Gasteiger partial charge < -0.3 is 19.7 Å². The number of amides is 1. The van der Waals surface area contributed by atoms with Crippen molar-refractivity contribution in [2.75, 3.05) is 65.6 Å². The van der Waals surface area contributed by atoms with Gasteiger partial charge in [-0.2, -0.15) is 0 Å². The highest BCUT2D eigenvalue weighted by atomic mass is 16.5. The minimum atomic E-state index is -0.0873. The first kappa shape index (κ1) is 17.7. The number of hydrogen-bond donors (Lipinski definition) is 1. The van der Waals surface area contributed by atoms with Gasteiger partial charge in [-0.25, -0.2) is 0 Å². The molecule has 1 atom stereocenters. The molecule has 6 heteroatoms. The normalized spacial score (nSPS) is 16.8. The van der Waals surface area contributed by atoms with Gasteiger partial charge in [0.2, 0.25) is 5.91 Å². The lowest BCUT2D eigenvalue weighted by Crippen LogP contribution is -2.44. The van der Waals surface area contributed by atoms with E-state index in [1.54, 1.807) is 0 Å². The highest BCUT2D eigenvalue weighted by Gasteiger charge is 2.23. The highest BCUT2D eigenvalue weighted by molar-refractivity contribution is 5.77. The number of carbonyl (C=O) groups is 1. The molecule has 1 heterocycles. The van der Waals surface area contributed by atoms with E-state index in [2.05, 4.69) is 39.4 Å². The van der Waals surface area contributed by atoms with Gasteiger partial charge in [-0.3, -0.25) is 9.69 Å². The number of nitrogens with zero attached hydrogens (tertiary/aromatic N) is 2. The van der Waals surface area contributed by atoms with Crippen LogP contribution in [-0.4, -0.2) is 71.5 Å². The number of nitrogens with one attached hydrogen (secondary N) is 1. The number of ether oxygens (including phenoxy) is 2. The second-order valence-electron chi connectivity index (χ2n) is 5.89. The molecule has 1 aromatic rings. The summed E-state index contributed by atoms with van der Waals surface area (Å²) >= 11 is 0. The third-order valence-corrected chi connectivity index (χ3v) is 4.05. The monoisotopic (exact) mass is 321 g/mol. The predicted octanol–water partition coefficient (Wildman–Crippen LogP) is 0.889.